The highest BCUT2D eigenvalue weighted by Crippen LogP contribution is 2.31. The van der Waals surface area contributed by atoms with Gasteiger partial charge in [0.05, 0.1) is 0 Å². The van der Waals surface area contributed by atoms with E-state index in [9.17, 15) is 0 Å². The normalized spacial score (nSPS) is 20.7. The summed E-state index contributed by atoms with van der Waals surface area (Å²) in [5.41, 5.74) is 7.67. The zero-order valence-corrected chi connectivity index (χ0v) is 9.78. The lowest BCUT2D eigenvalue weighted by Gasteiger charge is -2.06. The van der Waals surface area contributed by atoms with E-state index in [-0.39, 0.29) is 0 Å². The number of aromatic nitrogens is 3. The summed E-state index contributed by atoms with van der Waals surface area (Å²) in [6, 6.07) is 4.03. The second-order valence-corrected chi connectivity index (χ2v) is 5.20. The van der Waals surface area contributed by atoms with Gasteiger partial charge in [0.1, 0.15) is 5.82 Å². The van der Waals surface area contributed by atoms with Crippen LogP contribution in [0.4, 0.5) is 0 Å². The van der Waals surface area contributed by atoms with Crippen molar-refractivity contribution in [3.63, 3.8) is 0 Å². The van der Waals surface area contributed by atoms with Gasteiger partial charge in [0.2, 0.25) is 0 Å². The summed E-state index contributed by atoms with van der Waals surface area (Å²) in [5, 5.41) is 8.59. The fourth-order valence-electron chi connectivity index (χ4n) is 2.16. The number of rotatable bonds is 2. The lowest BCUT2D eigenvalue weighted by molar-refractivity contribution is 0.705. The Labute approximate surface area is 98.2 Å². The molecule has 0 radical (unpaired) electrons. The summed E-state index contributed by atoms with van der Waals surface area (Å²) in [4.78, 5) is 0. The van der Waals surface area contributed by atoms with Crippen molar-refractivity contribution in [2.75, 3.05) is 11.5 Å². The fraction of sp³-hybridized carbons (Fsp3) is 0.455. The number of hydrogen-bond acceptors (Lipinski definition) is 4. The van der Waals surface area contributed by atoms with Gasteiger partial charge in [-0.25, -0.2) is 0 Å². The van der Waals surface area contributed by atoms with Gasteiger partial charge in [-0.3, -0.25) is 4.40 Å². The largest absolute Gasteiger partial charge is 0.326 e. The molecule has 3 heterocycles. The minimum atomic E-state index is 0.516. The Hall–Kier alpha value is -1.07. The Morgan fingerprint density at radius 1 is 1.50 bits per heavy atom. The molecule has 0 aromatic carbocycles. The van der Waals surface area contributed by atoms with Gasteiger partial charge in [-0.15, -0.1) is 10.2 Å². The summed E-state index contributed by atoms with van der Waals surface area (Å²) in [6.45, 7) is 0.516. The maximum Gasteiger partial charge on any atom is 0.165 e. The Morgan fingerprint density at radius 2 is 2.44 bits per heavy atom. The van der Waals surface area contributed by atoms with Crippen molar-refractivity contribution in [1.29, 1.82) is 0 Å². The van der Waals surface area contributed by atoms with Crippen LogP contribution in [-0.2, 0) is 6.54 Å². The molecule has 1 saturated heterocycles. The molecule has 1 fully saturated rings. The third-order valence-corrected chi connectivity index (χ3v) is 4.22. The SMILES string of the molecule is NCc1cccn2c(C3CCSC3)nnc12. The maximum atomic E-state index is 5.69. The third-order valence-electron chi connectivity index (χ3n) is 3.06. The van der Waals surface area contributed by atoms with Gasteiger partial charge in [0.25, 0.3) is 0 Å². The Morgan fingerprint density at radius 3 is 3.19 bits per heavy atom. The van der Waals surface area contributed by atoms with E-state index in [4.69, 9.17) is 5.73 Å². The Balaban J connectivity index is 2.12. The molecule has 0 bridgehead atoms. The van der Waals surface area contributed by atoms with Gasteiger partial charge in [0, 0.05) is 30.0 Å². The first kappa shape index (κ1) is 10.1. The lowest BCUT2D eigenvalue weighted by atomic mass is 10.1. The number of pyridine rings is 1. The molecular formula is C11H14N4S. The third kappa shape index (κ3) is 1.51. The number of hydrogen-bond donors (Lipinski definition) is 1. The van der Waals surface area contributed by atoms with Crippen LogP contribution in [0, 0.1) is 0 Å². The molecule has 1 unspecified atom stereocenters. The maximum absolute atomic E-state index is 5.69. The molecule has 0 saturated carbocycles. The number of nitrogens with zero attached hydrogens (tertiary/aromatic N) is 3. The average molecular weight is 234 g/mol. The van der Waals surface area contributed by atoms with Crippen LogP contribution in [0.5, 0.6) is 0 Å². The highest BCUT2D eigenvalue weighted by molar-refractivity contribution is 7.99. The van der Waals surface area contributed by atoms with Crippen LogP contribution in [-0.4, -0.2) is 26.1 Å². The van der Waals surface area contributed by atoms with Gasteiger partial charge in [-0.05, 0) is 18.2 Å². The first-order valence-electron chi connectivity index (χ1n) is 5.50. The fourth-order valence-corrected chi connectivity index (χ4v) is 3.38. The zero-order chi connectivity index (χ0) is 11.0. The van der Waals surface area contributed by atoms with Crippen molar-refractivity contribution < 1.29 is 0 Å². The number of thioether (sulfide) groups is 1. The van der Waals surface area contributed by atoms with Crippen LogP contribution in [0.3, 0.4) is 0 Å². The van der Waals surface area contributed by atoms with Gasteiger partial charge in [0.15, 0.2) is 5.65 Å². The monoisotopic (exact) mass is 234 g/mol. The van der Waals surface area contributed by atoms with Crippen LogP contribution < -0.4 is 5.73 Å². The topological polar surface area (TPSA) is 56.2 Å². The summed E-state index contributed by atoms with van der Waals surface area (Å²) >= 11 is 1.99. The van der Waals surface area contributed by atoms with Crippen LogP contribution >= 0.6 is 11.8 Å². The predicted octanol–water partition coefficient (Wildman–Crippen LogP) is 1.41. The van der Waals surface area contributed by atoms with Crippen molar-refractivity contribution in [3.05, 3.63) is 29.7 Å². The molecule has 16 heavy (non-hydrogen) atoms. The standard InChI is InChI=1S/C11H14N4S/c12-6-8-2-1-4-15-10(8)13-14-11(15)9-3-5-16-7-9/h1-2,4,9H,3,5-7,12H2. The van der Waals surface area contributed by atoms with E-state index in [0.29, 0.717) is 12.5 Å². The second-order valence-electron chi connectivity index (χ2n) is 4.05. The van der Waals surface area contributed by atoms with Gasteiger partial charge in [-0.1, -0.05) is 6.07 Å². The van der Waals surface area contributed by atoms with Crippen molar-refractivity contribution in [2.24, 2.45) is 5.73 Å². The summed E-state index contributed by atoms with van der Waals surface area (Å²) in [7, 11) is 0. The van der Waals surface area contributed by atoms with Gasteiger partial charge >= 0.3 is 0 Å². The van der Waals surface area contributed by atoms with E-state index in [1.54, 1.807) is 0 Å². The molecule has 84 valence electrons. The van der Waals surface area contributed by atoms with Crippen molar-refractivity contribution >= 4 is 17.4 Å². The van der Waals surface area contributed by atoms with E-state index >= 15 is 0 Å². The zero-order valence-electron chi connectivity index (χ0n) is 8.97. The first-order chi connectivity index (χ1) is 7.90. The molecule has 5 heteroatoms. The number of nitrogens with two attached hydrogens (primary N) is 1. The molecule has 3 rings (SSSR count). The van der Waals surface area contributed by atoms with Crippen LogP contribution in [0.25, 0.3) is 5.65 Å². The van der Waals surface area contributed by atoms with E-state index in [0.717, 1.165) is 22.8 Å². The minimum absolute atomic E-state index is 0.516. The first-order valence-corrected chi connectivity index (χ1v) is 6.66. The van der Waals surface area contributed by atoms with Crippen LogP contribution in [0.15, 0.2) is 18.3 Å². The molecule has 0 spiro atoms. The predicted molar refractivity (Wildman–Crippen MR) is 65.6 cm³/mol. The Kier molecular flexibility index (Phi) is 2.57. The molecule has 1 atom stereocenters. The highest BCUT2D eigenvalue weighted by Gasteiger charge is 2.22. The molecule has 2 aromatic rings. The minimum Gasteiger partial charge on any atom is -0.326 e. The molecule has 2 aromatic heterocycles. The van der Waals surface area contributed by atoms with Crippen LogP contribution in [0.1, 0.15) is 23.7 Å². The summed E-state index contributed by atoms with van der Waals surface area (Å²) in [5.74, 6) is 4.03. The smallest absolute Gasteiger partial charge is 0.165 e. The van der Waals surface area contributed by atoms with E-state index in [2.05, 4.69) is 14.6 Å². The summed E-state index contributed by atoms with van der Waals surface area (Å²) in [6.07, 6.45) is 3.24. The average Bonchev–Trinajstić information content (AvgIpc) is 2.96. The van der Waals surface area contributed by atoms with E-state index in [1.165, 1.54) is 12.2 Å². The molecule has 0 aliphatic carbocycles. The lowest BCUT2D eigenvalue weighted by Crippen LogP contribution is -2.04. The molecule has 1 aliphatic rings. The molecular weight excluding hydrogens is 220 g/mol. The second kappa shape index (κ2) is 4.07. The van der Waals surface area contributed by atoms with Crippen molar-refractivity contribution in [3.8, 4) is 0 Å². The molecule has 4 nitrogen and oxygen atoms in total. The summed E-state index contributed by atoms with van der Waals surface area (Å²) < 4.78 is 2.10. The quantitative estimate of drug-likeness (QED) is 0.853. The van der Waals surface area contributed by atoms with Crippen molar-refractivity contribution in [2.45, 2.75) is 18.9 Å². The Bertz CT molecular complexity index is 502. The van der Waals surface area contributed by atoms with Gasteiger partial charge < -0.3 is 5.73 Å². The molecule has 2 N–H and O–H groups in total. The van der Waals surface area contributed by atoms with Gasteiger partial charge in [-0.2, -0.15) is 11.8 Å². The van der Waals surface area contributed by atoms with E-state index < -0.39 is 0 Å². The molecule has 1 aliphatic heterocycles. The van der Waals surface area contributed by atoms with Crippen LogP contribution in [0.2, 0.25) is 0 Å². The molecule has 0 amide bonds. The van der Waals surface area contributed by atoms with Crippen molar-refractivity contribution in [1.82, 2.24) is 14.6 Å². The number of fused-ring (bicyclic) bond motifs is 1. The highest BCUT2D eigenvalue weighted by atomic mass is 32.2. The van der Waals surface area contributed by atoms with E-state index in [1.807, 2.05) is 30.1 Å².